The molecule has 114 valence electrons. The minimum absolute atomic E-state index is 1.23. The van der Waals surface area contributed by atoms with Crippen molar-refractivity contribution in [2.45, 2.75) is 97.3 Å². The number of hydrogen-bond donors (Lipinski definition) is 0. The second kappa shape index (κ2) is 12.3. The second-order valence-electron chi connectivity index (χ2n) is 6.45. The van der Waals surface area contributed by atoms with Crippen molar-refractivity contribution < 1.29 is 0 Å². The van der Waals surface area contributed by atoms with Gasteiger partial charge in [-0.15, -0.1) is 0 Å². The van der Waals surface area contributed by atoms with Crippen LogP contribution in [0.2, 0.25) is 17.7 Å². The summed E-state index contributed by atoms with van der Waals surface area (Å²) < 4.78 is 6.52. The first kappa shape index (κ1) is 19.5. The maximum atomic E-state index is 2.50. The van der Waals surface area contributed by atoms with Crippen LogP contribution in [0.5, 0.6) is 0 Å². The molecule has 0 nitrogen and oxygen atoms in total. The summed E-state index contributed by atoms with van der Waals surface area (Å²) >= 11 is -1.86. The summed E-state index contributed by atoms with van der Waals surface area (Å²) in [4.78, 5) is 0. The van der Waals surface area contributed by atoms with Gasteiger partial charge < -0.3 is 0 Å². The van der Waals surface area contributed by atoms with Crippen LogP contribution in [-0.4, -0.2) is 18.4 Å². The molecule has 0 unspecified atom stereocenters. The first-order valence-electron chi connectivity index (χ1n) is 8.79. The standard InChI is InChI=1S/C6H11.3C4H9.Sn/c1-4-5-6(2)3;3*1-3-4-2;/h5H,2,4H2,1,3H3;3*1,3-4H2,2H3;/b6-5-;;;;. The van der Waals surface area contributed by atoms with Crippen molar-refractivity contribution >= 4 is 18.4 Å². The quantitative estimate of drug-likeness (QED) is 0.251. The summed E-state index contributed by atoms with van der Waals surface area (Å²) in [5, 5.41) is 0. The molecule has 0 radical (unpaired) electrons. The van der Waals surface area contributed by atoms with E-state index in [1.165, 1.54) is 44.9 Å². The molecule has 0 N–H and O–H groups in total. The Bertz CT molecular complexity index is 208. The molecule has 0 spiro atoms. The van der Waals surface area contributed by atoms with E-state index < -0.39 is 18.4 Å². The van der Waals surface area contributed by atoms with Crippen LogP contribution in [0.4, 0.5) is 0 Å². The van der Waals surface area contributed by atoms with Crippen LogP contribution in [-0.2, 0) is 0 Å². The summed E-state index contributed by atoms with van der Waals surface area (Å²) in [5.74, 6) is 0. The third kappa shape index (κ3) is 9.15. The average Bonchev–Trinajstić information content (AvgIpc) is 2.40. The van der Waals surface area contributed by atoms with Crippen molar-refractivity contribution in [2.24, 2.45) is 0 Å². The van der Waals surface area contributed by atoms with Gasteiger partial charge in [-0.1, -0.05) is 0 Å². The van der Waals surface area contributed by atoms with Crippen LogP contribution < -0.4 is 0 Å². The Balaban J connectivity index is 4.80. The molecule has 0 aromatic heterocycles. The van der Waals surface area contributed by atoms with Gasteiger partial charge in [-0.05, 0) is 0 Å². The van der Waals surface area contributed by atoms with Crippen LogP contribution in [0.3, 0.4) is 0 Å². The molecule has 0 amide bonds. The van der Waals surface area contributed by atoms with Crippen LogP contribution in [0.15, 0.2) is 11.6 Å². The zero-order valence-electron chi connectivity index (χ0n) is 14.4. The third-order valence-corrected chi connectivity index (χ3v) is 20.2. The topological polar surface area (TPSA) is 0 Å². The molecule has 0 bridgehead atoms. The molecule has 1 heteroatoms. The van der Waals surface area contributed by atoms with Crippen LogP contribution >= 0.6 is 0 Å². The second-order valence-corrected chi connectivity index (χ2v) is 20.3. The van der Waals surface area contributed by atoms with Crippen molar-refractivity contribution in [3.8, 4) is 0 Å². The molecule has 0 aliphatic heterocycles. The Hall–Kier alpha value is 0.539. The van der Waals surface area contributed by atoms with Gasteiger partial charge in [-0.3, -0.25) is 0 Å². The van der Waals surface area contributed by atoms with Gasteiger partial charge in [0.2, 0.25) is 0 Å². The van der Waals surface area contributed by atoms with Crippen LogP contribution in [0.1, 0.15) is 79.6 Å². The van der Waals surface area contributed by atoms with E-state index in [-0.39, 0.29) is 0 Å². The van der Waals surface area contributed by atoms with Crippen LogP contribution in [0, 0.1) is 0 Å². The van der Waals surface area contributed by atoms with E-state index in [2.05, 4.69) is 40.7 Å². The van der Waals surface area contributed by atoms with E-state index >= 15 is 0 Å². The molecular weight excluding hydrogens is 335 g/mol. The van der Waals surface area contributed by atoms with E-state index in [0.29, 0.717) is 0 Å². The van der Waals surface area contributed by atoms with Gasteiger partial charge in [0, 0.05) is 0 Å². The van der Waals surface area contributed by atoms with Crippen molar-refractivity contribution in [1.82, 2.24) is 0 Å². The fourth-order valence-electron chi connectivity index (χ4n) is 3.31. The molecule has 19 heavy (non-hydrogen) atoms. The summed E-state index contributed by atoms with van der Waals surface area (Å²) in [7, 11) is 0. The molecular formula is C18H38Sn. The molecule has 0 rings (SSSR count). The number of allylic oxidation sites excluding steroid dienone is 2. The normalized spacial score (nSPS) is 13.0. The Morgan fingerprint density at radius 2 is 1.21 bits per heavy atom. The summed E-state index contributed by atoms with van der Waals surface area (Å²) in [5.41, 5.74) is 1.72. The van der Waals surface area contributed by atoms with Gasteiger partial charge in [0.1, 0.15) is 0 Å². The van der Waals surface area contributed by atoms with E-state index in [1.54, 1.807) is 23.3 Å². The van der Waals surface area contributed by atoms with Gasteiger partial charge in [0.05, 0.1) is 0 Å². The predicted molar refractivity (Wildman–Crippen MR) is 93.8 cm³/mol. The molecule has 0 atom stereocenters. The Morgan fingerprint density at radius 3 is 1.53 bits per heavy atom. The molecule has 0 aliphatic rings. The molecule has 0 aromatic rings. The number of rotatable bonds is 12. The van der Waals surface area contributed by atoms with Gasteiger partial charge >= 0.3 is 127 Å². The Labute approximate surface area is 127 Å². The zero-order valence-corrected chi connectivity index (χ0v) is 17.2. The van der Waals surface area contributed by atoms with Crippen molar-refractivity contribution in [3.63, 3.8) is 0 Å². The Kier molecular flexibility index (Phi) is 12.6. The first-order valence-corrected chi connectivity index (χ1v) is 16.9. The molecule has 0 aliphatic carbocycles. The molecule has 0 heterocycles. The molecule has 0 saturated carbocycles. The minimum atomic E-state index is -1.86. The third-order valence-electron chi connectivity index (χ3n) is 4.39. The van der Waals surface area contributed by atoms with E-state index in [4.69, 9.17) is 0 Å². The fourth-order valence-corrected chi connectivity index (χ4v) is 20.2. The summed E-state index contributed by atoms with van der Waals surface area (Å²) in [6, 6.07) is 0. The number of unbranched alkanes of at least 4 members (excludes halogenated alkanes) is 3. The molecule has 0 saturated heterocycles. The van der Waals surface area contributed by atoms with Gasteiger partial charge in [0.15, 0.2) is 0 Å². The SMILES string of the molecule is CC/C=C(\C)[CH2][Sn]([CH2]CCC)([CH2]CCC)[CH2]CCC. The van der Waals surface area contributed by atoms with E-state index in [9.17, 15) is 0 Å². The molecule has 0 aromatic carbocycles. The average molecular weight is 373 g/mol. The van der Waals surface area contributed by atoms with Gasteiger partial charge in [-0.2, -0.15) is 0 Å². The summed E-state index contributed by atoms with van der Waals surface area (Å²) in [6.07, 6.45) is 12.4. The van der Waals surface area contributed by atoms with E-state index in [1.807, 2.05) is 0 Å². The Morgan fingerprint density at radius 1 is 0.789 bits per heavy atom. The number of hydrogen-bond acceptors (Lipinski definition) is 0. The predicted octanol–water partition coefficient (Wildman–Crippen LogP) is 7.19. The summed E-state index contributed by atoms with van der Waals surface area (Å²) in [6.45, 7) is 11.8. The van der Waals surface area contributed by atoms with E-state index in [0.717, 1.165) is 0 Å². The monoisotopic (exact) mass is 374 g/mol. The van der Waals surface area contributed by atoms with Gasteiger partial charge in [-0.25, -0.2) is 0 Å². The zero-order chi connectivity index (χ0) is 14.6. The maximum absolute atomic E-state index is 2.50. The molecule has 0 fully saturated rings. The first-order chi connectivity index (χ1) is 9.14. The van der Waals surface area contributed by atoms with Crippen molar-refractivity contribution in [3.05, 3.63) is 11.6 Å². The van der Waals surface area contributed by atoms with Crippen molar-refractivity contribution in [2.75, 3.05) is 0 Å². The fraction of sp³-hybridized carbons (Fsp3) is 0.889. The van der Waals surface area contributed by atoms with Gasteiger partial charge in [0.25, 0.3) is 0 Å². The van der Waals surface area contributed by atoms with Crippen LogP contribution in [0.25, 0.3) is 0 Å². The van der Waals surface area contributed by atoms with Crippen molar-refractivity contribution in [1.29, 1.82) is 0 Å².